The van der Waals surface area contributed by atoms with Crippen molar-refractivity contribution in [3.8, 4) is 10.6 Å². The van der Waals surface area contributed by atoms with Crippen LogP contribution in [-0.4, -0.2) is 87.3 Å². The summed E-state index contributed by atoms with van der Waals surface area (Å²) in [5, 5.41) is 22.4. The van der Waals surface area contributed by atoms with Gasteiger partial charge in [-0.2, -0.15) is 0 Å². The fourth-order valence-electron chi connectivity index (χ4n) is 5.05. The molecule has 178 valence electrons. The van der Waals surface area contributed by atoms with Gasteiger partial charge in [-0.3, -0.25) is 4.90 Å². The number of aromatic nitrogens is 1. The molecule has 2 saturated heterocycles. The fourth-order valence-corrected chi connectivity index (χ4v) is 5.79. The lowest BCUT2D eigenvalue weighted by Crippen LogP contribution is -2.54. The first kappa shape index (κ1) is 22.8. The van der Waals surface area contributed by atoms with Crippen LogP contribution in [0.1, 0.15) is 28.8 Å². The Kier molecular flexibility index (Phi) is 6.49. The summed E-state index contributed by atoms with van der Waals surface area (Å²) < 4.78 is 0. The summed E-state index contributed by atoms with van der Waals surface area (Å²) in [4.78, 5) is 37.0. The molecule has 4 heterocycles. The number of nitrogens with zero attached hydrogens (tertiary/aromatic N) is 4. The largest absolute Gasteiger partial charge is 0.478 e. The quantitative estimate of drug-likeness (QED) is 0.581. The molecular formula is C25H28N4O4S. The molecule has 9 heteroatoms. The Bertz CT molecular complexity index is 1190. The molecule has 2 aliphatic rings. The number of piperazine rings is 1. The first-order valence-electron chi connectivity index (χ1n) is 11.6. The van der Waals surface area contributed by atoms with E-state index < -0.39 is 5.97 Å². The van der Waals surface area contributed by atoms with Gasteiger partial charge >= 0.3 is 12.0 Å². The monoisotopic (exact) mass is 480 g/mol. The van der Waals surface area contributed by atoms with E-state index in [-0.39, 0.29) is 18.7 Å². The molecule has 1 aromatic carbocycles. The Morgan fingerprint density at radius 2 is 1.85 bits per heavy atom. The standard InChI is InChI=1S/C25H28N4O4S/c30-16-17-5-3-9-29(17)25(33)28-12-10-27(11-13-28)15-19-22(24(31)32)18-6-1-2-7-20(18)26-23(19)21-8-4-14-34-21/h1-2,4,6-8,14,17,30H,3,5,9-13,15-16H2,(H,31,32)/t17-/m0/s1. The number of aromatic carboxylic acids is 1. The van der Waals surface area contributed by atoms with Gasteiger partial charge < -0.3 is 20.0 Å². The van der Waals surface area contributed by atoms with E-state index in [1.165, 1.54) is 0 Å². The summed E-state index contributed by atoms with van der Waals surface area (Å²) in [6.45, 7) is 3.61. The molecule has 34 heavy (non-hydrogen) atoms. The smallest absolute Gasteiger partial charge is 0.336 e. The van der Waals surface area contributed by atoms with E-state index in [4.69, 9.17) is 4.98 Å². The number of hydrogen-bond acceptors (Lipinski definition) is 6. The van der Waals surface area contributed by atoms with Crippen molar-refractivity contribution in [1.82, 2.24) is 19.7 Å². The predicted octanol–water partition coefficient (Wildman–Crippen LogP) is 3.36. The number of likely N-dealkylation sites (tertiary alicyclic amines) is 1. The number of amides is 2. The highest BCUT2D eigenvalue weighted by atomic mass is 32.1. The maximum atomic E-state index is 13.0. The number of para-hydroxylation sites is 1. The number of thiophene rings is 1. The molecule has 3 aromatic rings. The second kappa shape index (κ2) is 9.69. The van der Waals surface area contributed by atoms with Gasteiger partial charge in [-0.05, 0) is 30.4 Å². The number of carboxylic acids is 1. The molecule has 0 bridgehead atoms. The highest BCUT2D eigenvalue weighted by Crippen LogP contribution is 2.34. The highest BCUT2D eigenvalue weighted by molar-refractivity contribution is 7.13. The molecule has 2 N–H and O–H groups in total. The molecule has 5 rings (SSSR count). The number of fused-ring (bicyclic) bond motifs is 1. The second-order valence-electron chi connectivity index (χ2n) is 8.83. The third-order valence-electron chi connectivity index (χ3n) is 6.82. The molecule has 1 atom stereocenters. The van der Waals surface area contributed by atoms with Gasteiger partial charge in [0.25, 0.3) is 0 Å². The molecule has 0 aliphatic carbocycles. The summed E-state index contributed by atoms with van der Waals surface area (Å²) in [7, 11) is 0. The van der Waals surface area contributed by atoms with Gasteiger partial charge in [0.05, 0.1) is 34.3 Å². The maximum absolute atomic E-state index is 13.0. The minimum atomic E-state index is -0.954. The van der Waals surface area contributed by atoms with Crippen LogP contribution in [-0.2, 0) is 6.54 Å². The van der Waals surface area contributed by atoms with Crippen molar-refractivity contribution in [2.45, 2.75) is 25.4 Å². The van der Waals surface area contributed by atoms with Crippen LogP contribution >= 0.6 is 11.3 Å². The number of aliphatic hydroxyl groups excluding tert-OH is 1. The predicted molar refractivity (Wildman–Crippen MR) is 131 cm³/mol. The molecule has 0 spiro atoms. The Morgan fingerprint density at radius 3 is 2.56 bits per heavy atom. The van der Waals surface area contributed by atoms with Crippen molar-refractivity contribution in [2.75, 3.05) is 39.3 Å². The van der Waals surface area contributed by atoms with Crippen LogP contribution in [0.5, 0.6) is 0 Å². The number of urea groups is 1. The third kappa shape index (κ3) is 4.26. The van der Waals surface area contributed by atoms with Crippen molar-refractivity contribution in [3.05, 3.63) is 52.9 Å². The lowest BCUT2D eigenvalue weighted by molar-refractivity contribution is 0.0695. The van der Waals surface area contributed by atoms with Crippen molar-refractivity contribution < 1.29 is 19.8 Å². The van der Waals surface area contributed by atoms with E-state index in [2.05, 4.69) is 4.90 Å². The molecule has 0 saturated carbocycles. The van der Waals surface area contributed by atoms with Gasteiger partial charge in [-0.25, -0.2) is 14.6 Å². The molecule has 2 aromatic heterocycles. The zero-order valence-electron chi connectivity index (χ0n) is 18.9. The SMILES string of the molecule is O=C(O)c1c(CN2CCN(C(=O)N3CCC[C@H]3CO)CC2)c(-c2cccs2)nc2ccccc12. The van der Waals surface area contributed by atoms with Crippen molar-refractivity contribution in [2.24, 2.45) is 0 Å². The number of rotatable bonds is 5. The number of aliphatic hydroxyl groups is 1. The summed E-state index contributed by atoms with van der Waals surface area (Å²) in [5.74, 6) is -0.954. The molecule has 2 fully saturated rings. The van der Waals surface area contributed by atoms with E-state index in [1.54, 1.807) is 16.2 Å². The average Bonchev–Trinajstić information content (AvgIpc) is 3.55. The first-order chi connectivity index (χ1) is 16.6. The number of pyridine rings is 1. The summed E-state index contributed by atoms with van der Waals surface area (Å²) in [5.41, 5.74) is 2.41. The van der Waals surface area contributed by atoms with Gasteiger partial charge in [0.1, 0.15) is 0 Å². The van der Waals surface area contributed by atoms with E-state index >= 15 is 0 Å². The van der Waals surface area contributed by atoms with Gasteiger partial charge in [0.2, 0.25) is 0 Å². The average molecular weight is 481 g/mol. The molecule has 0 unspecified atom stereocenters. The fraction of sp³-hybridized carbons (Fsp3) is 0.400. The summed E-state index contributed by atoms with van der Waals surface area (Å²) in [6, 6.07) is 11.2. The molecule has 2 amide bonds. The van der Waals surface area contributed by atoms with Crippen molar-refractivity contribution >= 4 is 34.2 Å². The number of carbonyl (C=O) groups is 2. The topological polar surface area (TPSA) is 97.2 Å². The van der Waals surface area contributed by atoms with E-state index in [0.29, 0.717) is 67.0 Å². The van der Waals surface area contributed by atoms with Crippen LogP contribution in [0.15, 0.2) is 41.8 Å². The zero-order valence-corrected chi connectivity index (χ0v) is 19.7. The van der Waals surface area contributed by atoms with Gasteiger partial charge in [0.15, 0.2) is 0 Å². The van der Waals surface area contributed by atoms with Crippen LogP contribution in [0.25, 0.3) is 21.5 Å². The van der Waals surface area contributed by atoms with Gasteiger partial charge in [-0.1, -0.05) is 24.3 Å². The Balaban J connectivity index is 1.40. The Hall–Kier alpha value is -3.01. The molecule has 2 aliphatic heterocycles. The number of carbonyl (C=O) groups excluding carboxylic acids is 1. The zero-order chi connectivity index (χ0) is 23.7. The van der Waals surface area contributed by atoms with E-state index in [1.807, 2.05) is 46.7 Å². The normalized spacial score (nSPS) is 19.1. The third-order valence-corrected chi connectivity index (χ3v) is 7.70. The molecular weight excluding hydrogens is 452 g/mol. The summed E-state index contributed by atoms with van der Waals surface area (Å²) >= 11 is 1.55. The minimum Gasteiger partial charge on any atom is -0.478 e. The second-order valence-corrected chi connectivity index (χ2v) is 9.78. The van der Waals surface area contributed by atoms with Gasteiger partial charge in [-0.15, -0.1) is 11.3 Å². The Morgan fingerprint density at radius 1 is 1.06 bits per heavy atom. The molecule has 8 nitrogen and oxygen atoms in total. The summed E-state index contributed by atoms with van der Waals surface area (Å²) in [6.07, 6.45) is 1.77. The van der Waals surface area contributed by atoms with Crippen LogP contribution in [0.3, 0.4) is 0 Å². The highest BCUT2D eigenvalue weighted by Gasteiger charge is 2.33. The van der Waals surface area contributed by atoms with Crippen LogP contribution < -0.4 is 0 Å². The maximum Gasteiger partial charge on any atom is 0.336 e. The van der Waals surface area contributed by atoms with Crippen LogP contribution in [0, 0.1) is 0 Å². The lowest BCUT2D eigenvalue weighted by atomic mass is 9.98. The number of carboxylic acid groups (broad SMARTS) is 1. The first-order valence-corrected chi connectivity index (χ1v) is 12.5. The van der Waals surface area contributed by atoms with Crippen molar-refractivity contribution in [1.29, 1.82) is 0 Å². The Labute approximate surface area is 202 Å². The van der Waals surface area contributed by atoms with E-state index in [9.17, 15) is 19.8 Å². The molecule has 0 radical (unpaired) electrons. The van der Waals surface area contributed by atoms with Crippen molar-refractivity contribution in [3.63, 3.8) is 0 Å². The lowest BCUT2D eigenvalue weighted by Gasteiger charge is -2.38. The van der Waals surface area contributed by atoms with Crippen LogP contribution in [0.4, 0.5) is 4.79 Å². The minimum absolute atomic E-state index is 0.00410. The number of benzene rings is 1. The van der Waals surface area contributed by atoms with Gasteiger partial charge in [0, 0.05) is 50.2 Å². The van der Waals surface area contributed by atoms with Crippen LogP contribution in [0.2, 0.25) is 0 Å². The number of hydrogen-bond donors (Lipinski definition) is 2. The van der Waals surface area contributed by atoms with E-state index in [0.717, 1.165) is 17.7 Å².